The maximum atomic E-state index is 12.7. The Bertz CT molecular complexity index is 1170. The van der Waals surface area contributed by atoms with Gasteiger partial charge in [-0.1, -0.05) is 6.07 Å². The van der Waals surface area contributed by atoms with Crippen LogP contribution in [0, 0.1) is 0 Å². The molecule has 0 saturated heterocycles. The topological polar surface area (TPSA) is 107 Å². The van der Waals surface area contributed by atoms with Crippen LogP contribution in [0.1, 0.15) is 47.4 Å². The molecule has 1 aromatic carbocycles. The van der Waals surface area contributed by atoms with E-state index in [9.17, 15) is 9.59 Å². The van der Waals surface area contributed by atoms with Crippen molar-refractivity contribution in [3.8, 4) is 22.8 Å². The average Bonchev–Trinajstić information content (AvgIpc) is 2.86. The molecule has 2 aromatic heterocycles. The predicted molar refractivity (Wildman–Crippen MR) is 128 cm³/mol. The Morgan fingerprint density at radius 3 is 2.56 bits per heavy atom. The molecule has 0 bridgehead atoms. The van der Waals surface area contributed by atoms with Crippen LogP contribution >= 0.6 is 0 Å². The highest BCUT2D eigenvalue weighted by Gasteiger charge is 2.15. The fraction of sp³-hybridized carbons (Fsp3) is 0.320. The van der Waals surface area contributed by atoms with Crippen LogP contribution in [-0.2, 0) is 6.54 Å². The van der Waals surface area contributed by atoms with Crippen molar-refractivity contribution >= 4 is 11.8 Å². The molecule has 0 aliphatic carbocycles. The first-order valence-corrected chi connectivity index (χ1v) is 11.0. The summed E-state index contributed by atoms with van der Waals surface area (Å²) < 4.78 is 11.2. The molecular weight excluding hydrogens is 434 g/mol. The molecule has 0 fully saturated rings. The minimum absolute atomic E-state index is 0.0304. The van der Waals surface area contributed by atoms with Gasteiger partial charge in [-0.3, -0.25) is 14.6 Å². The summed E-state index contributed by atoms with van der Waals surface area (Å²) in [6.07, 6.45) is 2.95. The van der Waals surface area contributed by atoms with Crippen molar-refractivity contribution in [3.05, 3.63) is 65.9 Å². The molecule has 9 heteroatoms. The van der Waals surface area contributed by atoms with Crippen molar-refractivity contribution in [2.45, 2.75) is 33.4 Å². The minimum Gasteiger partial charge on any atom is -0.493 e. The van der Waals surface area contributed by atoms with Gasteiger partial charge in [-0.2, -0.15) is 0 Å². The first kappa shape index (κ1) is 24.6. The number of pyridine rings is 1. The number of carbonyl (C=O) groups excluding carboxylic acids is 2. The molecule has 9 nitrogen and oxygen atoms in total. The van der Waals surface area contributed by atoms with Gasteiger partial charge in [0.15, 0.2) is 11.5 Å². The van der Waals surface area contributed by atoms with Crippen molar-refractivity contribution in [2.24, 2.45) is 0 Å². The molecule has 0 spiro atoms. The maximum absolute atomic E-state index is 12.7. The zero-order chi connectivity index (χ0) is 24.7. The summed E-state index contributed by atoms with van der Waals surface area (Å²) in [6.45, 7) is 6.48. The second kappa shape index (κ2) is 11.2. The van der Waals surface area contributed by atoms with E-state index in [-0.39, 0.29) is 24.2 Å². The number of aromatic nitrogens is 3. The summed E-state index contributed by atoms with van der Waals surface area (Å²) in [5.74, 6) is 0.624. The van der Waals surface area contributed by atoms with Gasteiger partial charge in [0.1, 0.15) is 11.4 Å². The smallest absolute Gasteiger partial charge is 0.272 e. The van der Waals surface area contributed by atoms with Crippen LogP contribution in [0.15, 0.2) is 48.8 Å². The third-order valence-electron chi connectivity index (χ3n) is 4.97. The second-order valence-electron chi connectivity index (χ2n) is 7.84. The molecule has 0 aliphatic rings. The summed E-state index contributed by atoms with van der Waals surface area (Å²) in [5.41, 5.74) is 2.33. The first-order valence-electron chi connectivity index (χ1n) is 11.0. The highest BCUT2D eigenvalue weighted by molar-refractivity contribution is 5.93. The molecule has 34 heavy (non-hydrogen) atoms. The normalized spacial score (nSPS) is 10.6. The lowest BCUT2D eigenvalue weighted by Crippen LogP contribution is -2.28. The molecule has 0 saturated carbocycles. The summed E-state index contributed by atoms with van der Waals surface area (Å²) in [6, 6.07) is 10.6. The molecular formula is C25H29N5O4. The van der Waals surface area contributed by atoms with Gasteiger partial charge in [0.25, 0.3) is 11.8 Å². The lowest BCUT2D eigenvalue weighted by Gasteiger charge is -2.15. The fourth-order valence-corrected chi connectivity index (χ4v) is 3.09. The summed E-state index contributed by atoms with van der Waals surface area (Å²) >= 11 is 0. The Kier molecular flexibility index (Phi) is 8.13. The molecule has 3 aromatic rings. The lowest BCUT2D eigenvalue weighted by atomic mass is 10.1. The van der Waals surface area contributed by atoms with Gasteiger partial charge < -0.3 is 19.7 Å². The van der Waals surface area contributed by atoms with Gasteiger partial charge in [-0.15, -0.1) is 0 Å². The zero-order valence-corrected chi connectivity index (χ0v) is 20.0. The third-order valence-corrected chi connectivity index (χ3v) is 4.97. The molecule has 178 valence electrons. The average molecular weight is 464 g/mol. The monoisotopic (exact) mass is 463 g/mol. The van der Waals surface area contributed by atoms with E-state index in [4.69, 9.17) is 9.47 Å². The number of methoxy groups -OCH3 is 1. The van der Waals surface area contributed by atoms with E-state index in [2.05, 4.69) is 20.3 Å². The second-order valence-corrected chi connectivity index (χ2v) is 7.84. The van der Waals surface area contributed by atoms with E-state index >= 15 is 0 Å². The van der Waals surface area contributed by atoms with E-state index in [0.29, 0.717) is 35.1 Å². The molecule has 1 N–H and O–H groups in total. The van der Waals surface area contributed by atoms with Gasteiger partial charge in [-0.05, 0) is 51.1 Å². The summed E-state index contributed by atoms with van der Waals surface area (Å²) in [4.78, 5) is 39.6. The molecule has 2 heterocycles. The van der Waals surface area contributed by atoms with Gasteiger partial charge in [-0.25, -0.2) is 9.97 Å². The minimum atomic E-state index is -0.397. The summed E-state index contributed by atoms with van der Waals surface area (Å²) in [5, 5.41) is 2.79. The first-order chi connectivity index (χ1) is 16.3. The van der Waals surface area contributed by atoms with Crippen LogP contribution in [0.3, 0.4) is 0 Å². The SMILES string of the molecule is CCN(C)C(=O)c1cccc(CNC(=O)c2cncc(-c3ccc(OC)c(OC(C)C)c3)n2)n1. The van der Waals surface area contributed by atoms with Crippen molar-refractivity contribution in [1.29, 1.82) is 0 Å². The van der Waals surface area contributed by atoms with E-state index in [1.807, 2.05) is 32.9 Å². The summed E-state index contributed by atoms with van der Waals surface area (Å²) in [7, 11) is 3.29. The van der Waals surface area contributed by atoms with Crippen LogP contribution in [0.4, 0.5) is 0 Å². The van der Waals surface area contributed by atoms with Crippen LogP contribution < -0.4 is 14.8 Å². The van der Waals surface area contributed by atoms with Crippen molar-refractivity contribution < 1.29 is 19.1 Å². The van der Waals surface area contributed by atoms with E-state index in [1.54, 1.807) is 49.5 Å². The molecule has 0 atom stereocenters. The predicted octanol–water partition coefficient (Wildman–Crippen LogP) is 3.36. The number of hydrogen-bond acceptors (Lipinski definition) is 7. The number of nitrogens with zero attached hydrogens (tertiary/aromatic N) is 4. The third kappa shape index (κ3) is 6.06. The Morgan fingerprint density at radius 1 is 1.06 bits per heavy atom. The van der Waals surface area contributed by atoms with Crippen molar-refractivity contribution in [2.75, 3.05) is 20.7 Å². The zero-order valence-electron chi connectivity index (χ0n) is 20.0. The number of carbonyl (C=O) groups is 2. The standard InChI is InChI=1S/C25H29N5O4/c1-6-30(4)25(32)19-9-7-8-18(28-19)13-27-24(31)21-15-26-14-20(29-21)17-10-11-22(33-5)23(12-17)34-16(2)3/h7-12,14-16H,6,13H2,1-5H3,(H,27,31). The lowest BCUT2D eigenvalue weighted by molar-refractivity contribution is 0.0796. The largest absolute Gasteiger partial charge is 0.493 e. The number of hydrogen-bond donors (Lipinski definition) is 1. The number of nitrogens with one attached hydrogen (secondary N) is 1. The van der Waals surface area contributed by atoms with Crippen molar-refractivity contribution in [3.63, 3.8) is 0 Å². The molecule has 0 aliphatic heterocycles. The van der Waals surface area contributed by atoms with Gasteiger partial charge in [0.05, 0.1) is 43.5 Å². The number of amides is 2. The molecule has 2 amide bonds. The van der Waals surface area contributed by atoms with Crippen LogP contribution in [0.25, 0.3) is 11.3 Å². The van der Waals surface area contributed by atoms with E-state index < -0.39 is 5.91 Å². The molecule has 0 radical (unpaired) electrons. The molecule has 3 rings (SSSR count). The van der Waals surface area contributed by atoms with Crippen LogP contribution in [0.2, 0.25) is 0 Å². The number of benzene rings is 1. The Hall–Kier alpha value is -4.01. The fourth-order valence-electron chi connectivity index (χ4n) is 3.09. The quantitative estimate of drug-likeness (QED) is 0.519. The van der Waals surface area contributed by atoms with E-state index in [0.717, 1.165) is 5.56 Å². The van der Waals surface area contributed by atoms with Crippen molar-refractivity contribution in [1.82, 2.24) is 25.2 Å². The number of rotatable bonds is 9. The Balaban J connectivity index is 1.74. The van der Waals surface area contributed by atoms with Crippen LogP contribution in [0.5, 0.6) is 11.5 Å². The van der Waals surface area contributed by atoms with Gasteiger partial charge in [0.2, 0.25) is 0 Å². The Morgan fingerprint density at radius 2 is 1.85 bits per heavy atom. The number of ether oxygens (including phenoxy) is 2. The highest BCUT2D eigenvalue weighted by Crippen LogP contribution is 2.32. The molecule has 0 unspecified atom stereocenters. The highest BCUT2D eigenvalue weighted by atomic mass is 16.5. The Labute approximate surface area is 199 Å². The maximum Gasteiger partial charge on any atom is 0.272 e. The van der Waals surface area contributed by atoms with Crippen LogP contribution in [-0.4, -0.2) is 58.5 Å². The van der Waals surface area contributed by atoms with Gasteiger partial charge >= 0.3 is 0 Å². The van der Waals surface area contributed by atoms with E-state index in [1.165, 1.54) is 6.20 Å². The van der Waals surface area contributed by atoms with Gasteiger partial charge in [0, 0.05) is 19.2 Å².